The molecule has 1 fully saturated rings. The van der Waals surface area contributed by atoms with Crippen LogP contribution >= 0.6 is 0 Å². The Morgan fingerprint density at radius 3 is 1.92 bits per heavy atom. The molecule has 1 aliphatic rings. The molecule has 0 aliphatic carbocycles. The molecule has 6 nitrogen and oxygen atoms in total. The van der Waals surface area contributed by atoms with Crippen LogP contribution < -0.4 is 0 Å². The Bertz CT molecular complexity index is 738. The van der Waals surface area contributed by atoms with Crippen LogP contribution in [0, 0.1) is 27.7 Å². The Morgan fingerprint density at radius 2 is 1.48 bits per heavy atom. The maximum absolute atomic E-state index is 12.7. The SMILES string of the molecule is Cc1cc(C)c(C)c(CC(=O)N2CCN(S(=O)(=O)N(C)C)CC2)c1C. The van der Waals surface area contributed by atoms with Crippen LogP contribution in [-0.2, 0) is 21.4 Å². The van der Waals surface area contributed by atoms with Gasteiger partial charge in [-0.2, -0.15) is 17.0 Å². The molecular weight excluding hydrogens is 338 g/mol. The second-order valence-electron chi connectivity index (χ2n) is 6.99. The second kappa shape index (κ2) is 7.43. The number of carbonyl (C=O) groups excluding carboxylic acids is 1. The molecule has 1 aliphatic heterocycles. The van der Waals surface area contributed by atoms with E-state index in [4.69, 9.17) is 0 Å². The van der Waals surface area contributed by atoms with E-state index < -0.39 is 10.2 Å². The van der Waals surface area contributed by atoms with E-state index in [0.29, 0.717) is 32.6 Å². The highest BCUT2D eigenvalue weighted by Crippen LogP contribution is 2.23. The van der Waals surface area contributed by atoms with Crippen molar-refractivity contribution >= 4 is 16.1 Å². The Kier molecular flexibility index (Phi) is 5.91. The van der Waals surface area contributed by atoms with Crippen molar-refractivity contribution in [2.45, 2.75) is 34.1 Å². The number of carbonyl (C=O) groups is 1. The van der Waals surface area contributed by atoms with E-state index >= 15 is 0 Å². The average molecular weight is 368 g/mol. The largest absolute Gasteiger partial charge is 0.340 e. The van der Waals surface area contributed by atoms with Gasteiger partial charge in [0.25, 0.3) is 10.2 Å². The molecule has 7 heteroatoms. The average Bonchev–Trinajstić information content (AvgIpc) is 2.56. The predicted octanol–water partition coefficient (Wildman–Crippen LogP) is 1.41. The van der Waals surface area contributed by atoms with Crippen LogP contribution in [0.5, 0.6) is 0 Å². The van der Waals surface area contributed by atoms with Gasteiger partial charge in [0.05, 0.1) is 6.42 Å². The van der Waals surface area contributed by atoms with E-state index in [0.717, 1.165) is 5.56 Å². The first-order chi connectivity index (χ1) is 11.6. The van der Waals surface area contributed by atoms with Gasteiger partial charge in [-0.05, 0) is 55.5 Å². The Labute approximate surface area is 151 Å². The van der Waals surface area contributed by atoms with Crippen LogP contribution in [-0.4, -0.2) is 68.1 Å². The molecule has 25 heavy (non-hydrogen) atoms. The summed E-state index contributed by atoms with van der Waals surface area (Å²) < 4.78 is 27.0. The molecule has 140 valence electrons. The van der Waals surface area contributed by atoms with Crippen molar-refractivity contribution in [2.75, 3.05) is 40.3 Å². The standard InChI is InChI=1S/C18H29N3O3S/c1-13-11-14(2)16(4)17(15(13)3)12-18(22)20-7-9-21(10-8-20)25(23,24)19(5)6/h11H,7-10,12H2,1-6H3. The summed E-state index contributed by atoms with van der Waals surface area (Å²) in [4.78, 5) is 14.5. The molecule has 0 atom stereocenters. The molecule has 0 unspecified atom stereocenters. The molecule has 0 N–H and O–H groups in total. The monoisotopic (exact) mass is 367 g/mol. The maximum Gasteiger partial charge on any atom is 0.281 e. The van der Waals surface area contributed by atoms with Gasteiger partial charge in [-0.1, -0.05) is 6.07 Å². The number of hydrogen-bond donors (Lipinski definition) is 0. The zero-order valence-electron chi connectivity index (χ0n) is 16.1. The minimum atomic E-state index is -3.40. The smallest absolute Gasteiger partial charge is 0.281 e. The quantitative estimate of drug-likeness (QED) is 0.808. The van der Waals surface area contributed by atoms with E-state index in [2.05, 4.69) is 33.8 Å². The van der Waals surface area contributed by atoms with Gasteiger partial charge >= 0.3 is 0 Å². The summed E-state index contributed by atoms with van der Waals surface area (Å²) in [7, 11) is -0.351. The number of nitrogens with zero attached hydrogens (tertiary/aromatic N) is 3. The fourth-order valence-corrected chi connectivity index (χ4v) is 4.31. The van der Waals surface area contributed by atoms with E-state index in [1.54, 1.807) is 4.90 Å². The molecule has 0 saturated carbocycles. The number of rotatable bonds is 4. The molecule has 1 aromatic carbocycles. The van der Waals surface area contributed by atoms with Crippen molar-refractivity contribution < 1.29 is 13.2 Å². The molecular formula is C18H29N3O3S. The number of aryl methyl sites for hydroxylation is 2. The van der Waals surface area contributed by atoms with Gasteiger partial charge in [-0.3, -0.25) is 4.79 Å². The first kappa shape index (κ1) is 19.9. The molecule has 2 rings (SSSR count). The summed E-state index contributed by atoms with van der Waals surface area (Å²) in [6, 6.07) is 2.16. The van der Waals surface area contributed by atoms with Crippen LogP contribution in [0.25, 0.3) is 0 Å². The Balaban J connectivity index is 2.08. The number of hydrogen-bond acceptors (Lipinski definition) is 3. The highest BCUT2D eigenvalue weighted by atomic mass is 32.2. The van der Waals surface area contributed by atoms with Crippen molar-refractivity contribution in [1.29, 1.82) is 0 Å². The molecule has 0 spiro atoms. The lowest BCUT2D eigenvalue weighted by Gasteiger charge is -2.35. The Hall–Kier alpha value is -1.44. The van der Waals surface area contributed by atoms with Crippen LogP contribution in [0.15, 0.2) is 6.07 Å². The van der Waals surface area contributed by atoms with Crippen LogP contribution in [0.4, 0.5) is 0 Å². The lowest BCUT2D eigenvalue weighted by atomic mass is 9.92. The molecule has 1 aromatic rings. The summed E-state index contributed by atoms with van der Waals surface area (Å²) in [6.45, 7) is 9.83. The Morgan fingerprint density at radius 1 is 1.00 bits per heavy atom. The summed E-state index contributed by atoms with van der Waals surface area (Å²) in [5, 5.41) is 0. The van der Waals surface area contributed by atoms with Gasteiger partial charge in [0.1, 0.15) is 0 Å². The predicted molar refractivity (Wildman–Crippen MR) is 99.9 cm³/mol. The minimum absolute atomic E-state index is 0.0677. The van der Waals surface area contributed by atoms with Gasteiger partial charge in [0.15, 0.2) is 0 Å². The van der Waals surface area contributed by atoms with Crippen LogP contribution in [0.2, 0.25) is 0 Å². The summed E-state index contributed by atoms with van der Waals surface area (Å²) in [5.74, 6) is 0.0677. The lowest BCUT2D eigenvalue weighted by Crippen LogP contribution is -2.53. The molecule has 1 heterocycles. The summed E-state index contributed by atoms with van der Waals surface area (Å²) in [5.41, 5.74) is 5.85. The third kappa shape index (κ3) is 4.04. The van der Waals surface area contributed by atoms with E-state index in [-0.39, 0.29) is 5.91 Å². The number of benzene rings is 1. The minimum Gasteiger partial charge on any atom is -0.340 e. The number of piperazine rings is 1. The van der Waals surface area contributed by atoms with Crippen molar-refractivity contribution in [2.24, 2.45) is 0 Å². The van der Waals surface area contributed by atoms with Crippen molar-refractivity contribution in [3.63, 3.8) is 0 Å². The van der Waals surface area contributed by atoms with E-state index in [1.807, 2.05) is 0 Å². The van der Waals surface area contributed by atoms with Gasteiger partial charge in [0.2, 0.25) is 5.91 Å². The maximum atomic E-state index is 12.7. The second-order valence-corrected chi connectivity index (χ2v) is 9.13. The highest BCUT2D eigenvalue weighted by Gasteiger charge is 2.30. The van der Waals surface area contributed by atoms with Gasteiger partial charge < -0.3 is 4.90 Å². The van der Waals surface area contributed by atoms with Gasteiger partial charge in [0, 0.05) is 40.3 Å². The lowest BCUT2D eigenvalue weighted by molar-refractivity contribution is -0.131. The van der Waals surface area contributed by atoms with Crippen molar-refractivity contribution in [3.8, 4) is 0 Å². The molecule has 0 bridgehead atoms. The van der Waals surface area contributed by atoms with Crippen LogP contribution in [0.1, 0.15) is 27.8 Å². The third-order valence-electron chi connectivity index (χ3n) is 5.23. The molecule has 1 saturated heterocycles. The summed E-state index contributed by atoms with van der Waals surface area (Å²) in [6.07, 6.45) is 0.376. The van der Waals surface area contributed by atoms with Gasteiger partial charge in [-0.25, -0.2) is 0 Å². The normalized spacial score (nSPS) is 16.5. The topological polar surface area (TPSA) is 60.9 Å². The zero-order chi connectivity index (χ0) is 18.9. The first-order valence-electron chi connectivity index (χ1n) is 8.57. The zero-order valence-corrected chi connectivity index (χ0v) is 16.9. The van der Waals surface area contributed by atoms with Crippen molar-refractivity contribution in [3.05, 3.63) is 33.9 Å². The number of amides is 1. The van der Waals surface area contributed by atoms with Crippen molar-refractivity contribution in [1.82, 2.24) is 13.5 Å². The first-order valence-corrected chi connectivity index (χ1v) is 9.97. The molecule has 0 aromatic heterocycles. The molecule has 1 amide bonds. The van der Waals surface area contributed by atoms with Crippen LogP contribution in [0.3, 0.4) is 0 Å². The summed E-state index contributed by atoms with van der Waals surface area (Å²) >= 11 is 0. The fourth-order valence-electron chi connectivity index (χ4n) is 3.23. The third-order valence-corrected chi connectivity index (χ3v) is 7.17. The molecule has 0 radical (unpaired) electrons. The van der Waals surface area contributed by atoms with E-state index in [1.165, 1.54) is 45.0 Å². The van der Waals surface area contributed by atoms with Gasteiger partial charge in [-0.15, -0.1) is 0 Å². The highest BCUT2D eigenvalue weighted by molar-refractivity contribution is 7.86. The van der Waals surface area contributed by atoms with E-state index in [9.17, 15) is 13.2 Å². The fraction of sp³-hybridized carbons (Fsp3) is 0.611.